The summed E-state index contributed by atoms with van der Waals surface area (Å²) in [5.41, 5.74) is 4.97. The van der Waals surface area contributed by atoms with E-state index in [1.54, 1.807) is 48.3 Å². The molecule has 0 aliphatic heterocycles. The first-order valence-electron chi connectivity index (χ1n) is 12.5. The fourth-order valence-electron chi connectivity index (χ4n) is 4.22. The molecule has 9 heteroatoms. The van der Waals surface area contributed by atoms with Crippen molar-refractivity contribution in [3.63, 3.8) is 0 Å². The zero-order valence-electron chi connectivity index (χ0n) is 22.0. The zero-order chi connectivity index (χ0) is 27.4. The van der Waals surface area contributed by atoms with Gasteiger partial charge in [0.25, 0.3) is 11.8 Å². The third-order valence-corrected chi connectivity index (χ3v) is 6.44. The van der Waals surface area contributed by atoms with Crippen molar-refractivity contribution >= 4 is 28.4 Å². The Balaban J connectivity index is 1.31. The van der Waals surface area contributed by atoms with Crippen LogP contribution in [0.5, 0.6) is 5.75 Å². The number of para-hydroxylation sites is 1. The molecule has 3 aromatic carbocycles. The number of aryl methyl sites for hydroxylation is 1. The van der Waals surface area contributed by atoms with Gasteiger partial charge in [0, 0.05) is 29.9 Å². The number of hydrogen-bond acceptors (Lipinski definition) is 6. The molecule has 2 aromatic heterocycles. The minimum atomic E-state index is -0.283. The summed E-state index contributed by atoms with van der Waals surface area (Å²) in [6.07, 6.45) is 3.32. The maximum atomic E-state index is 13.0. The van der Waals surface area contributed by atoms with Gasteiger partial charge in [0.1, 0.15) is 5.75 Å². The first kappa shape index (κ1) is 25.6. The number of hydrogen-bond donors (Lipinski definition) is 1. The number of rotatable bonds is 8. The number of anilines is 1. The molecule has 1 N–H and O–H groups in total. The van der Waals surface area contributed by atoms with Crippen LogP contribution in [0.1, 0.15) is 37.8 Å². The van der Waals surface area contributed by atoms with E-state index in [9.17, 15) is 9.59 Å². The van der Waals surface area contributed by atoms with E-state index in [2.05, 4.69) is 20.4 Å². The third-order valence-electron chi connectivity index (χ3n) is 6.44. The van der Waals surface area contributed by atoms with Crippen LogP contribution in [0.15, 0.2) is 85.2 Å². The number of fused-ring (bicyclic) bond motifs is 1. The summed E-state index contributed by atoms with van der Waals surface area (Å²) in [6.45, 7) is 2.56. The Kier molecular flexibility index (Phi) is 7.31. The van der Waals surface area contributed by atoms with Crippen LogP contribution < -0.4 is 15.0 Å². The van der Waals surface area contributed by atoms with Gasteiger partial charge in [-0.3, -0.25) is 24.2 Å². The van der Waals surface area contributed by atoms with E-state index >= 15 is 0 Å². The van der Waals surface area contributed by atoms with E-state index in [1.807, 2.05) is 67.6 Å². The maximum Gasteiger partial charge on any atom is 0.272 e. The average Bonchev–Trinajstić information content (AvgIpc) is 3.34. The largest absolute Gasteiger partial charge is 0.497 e. The molecule has 0 atom stereocenters. The van der Waals surface area contributed by atoms with Gasteiger partial charge in [-0.25, -0.2) is 0 Å². The highest BCUT2D eigenvalue weighted by Gasteiger charge is 2.18. The molecular formula is C30H28N6O3. The molecule has 0 saturated heterocycles. The maximum absolute atomic E-state index is 13.0. The van der Waals surface area contributed by atoms with E-state index < -0.39 is 0 Å². The zero-order valence-corrected chi connectivity index (χ0v) is 22.0. The van der Waals surface area contributed by atoms with Gasteiger partial charge in [-0.1, -0.05) is 30.3 Å². The molecule has 0 aliphatic rings. The molecule has 0 aliphatic carbocycles. The number of carbonyl (C=O) groups is 2. The van der Waals surface area contributed by atoms with Gasteiger partial charge >= 0.3 is 0 Å². The smallest absolute Gasteiger partial charge is 0.272 e. The molecule has 0 bridgehead atoms. The van der Waals surface area contributed by atoms with Crippen molar-refractivity contribution in [2.75, 3.05) is 19.1 Å². The molecule has 0 radical (unpaired) electrons. The number of ether oxygens (including phenoxy) is 1. The Morgan fingerprint density at radius 1 is 0.949 bits per heavy atom. The Hall–Kier alpha value is -5.05. The molecule has 0 unspecified atom stereocenters. The second-order valence-corrected chi connectivity index (χ2v) is 9.11. The summed E-state index contributed by atoms with van der Waals surface area (Å²) >= 11 is 0. The van der Waals surface area contributed by atoms with Crippen molar-refractivity contribution in [1.82, 2.24) is 25.1 Å². The second-order valence-electron chi connectivity index (χ2n) is 9.11. The molecule has 2 heterocycles. The highest BCUT2D eigenvalue weighted by atomic mass is 16.5. The van der Waals surface area contributed by atoms with Gasteiger partial charge < -0.3 is 15.0 Å². The quantitative estimate of drug-likeness (QED) is 0.325. The minimum Gasteiger partial charge on any atom is -0.497 e. The highest BCUT2D eigenvalue weighted by molar-refractivity contribution is 6.06. The average molecular weight is 521 g/mol. The topological polar surface area (TPSA) is 102 Å². The third kappa shape index (κ3) is 5.62. The lowest BCUT2D eigenvalue weighted by Gasteiger charge is -2.18. The van der Waals surface area contributed by atoms with Crippen molar-refractivity contribution in [1.29, 1.82) is 0 Å². The lowest BCUT2D eigenvalue weighted by Crippen LogP contribution is -2.26. The predicted octanol–water partition coefficient (Wildman–Crippen LogP) is 4.40. The highest BCUT2D eigenvalue weighted by Crippen LogP contribution is 2.22. The van der Waals surface area contributed by atoms with Gasteiger partial charge in [-0.2, -0.15) is 5.10 Å². The summed E-state index contributed by atoms with van der Waals surface area (Å²) in [5.74, 6) is 0.333. The molecule has 0 saturated carbocycles. The normalized spacial score (nSPS) is 10.8. The SMILES string of the molecule is COc1ccc(N(C)C(=O)c2ccc(Cn3nc(C(=O)NCc4cnc(C)cn4)c4ccccc43)cc2)cc1. The van der Waals surface area contributed by atoms with Crippen LogP contribution in [0.2, 0.25) is 0 Å². The number of benzene rings is 3. The van der Waals surface area contributed by atoms with Crippen LogP contribution in [-0.4, -0.2) is 45.7 Å². The number of amides is 2. The summed E-state index contributed by atoms with van der Waals surface area (Å²) < 4.78 is 7.00. The molecule has 196 valence electrons. The molecule has 0 fully saturated rings. The summed E-state index contributed by atoms with van der Waals surface area (Å²) in [5, 5.41) is 8.28. The molecule has 5 aromatic rings. The molecule has 5 rings (SSSR count). The molecule has 0 spiro atoms. The first-order valence-corrected chi connectivity index (χ1v) is 12.5. The first-order chi connectivity index (χ1) is 18.9. The number of nitrogens with zero attached hydrogens (tertiary/aromatic N) is 5. The molecular weight excluding hydrogens is 492 g/mol. The lowest BCUT2D eigenvalue weighted by atomic mass is 10.1. The summed E-state index contributed by atoms with van der Waals surface area (Å²) in [4.78, 5) is 36.1. The Morgan fingerprint density at radius 2 is 1.69 bits per heavy atom. The van der Waals surface area contributed by atoms with E-state index in [-0.39, 0.29) is 18.4 Å². The monoisotopic (exact) mass is 520 g/mol. The summed E-state index contributed by atoms with van der Waals surface area (Å²) in [6, 6.07) is 22.4. The standard InChI is InChI=1S/C30H28N6O3/c1-20-16-32-23(17-31-20)18-33-29(37)28-26-6-4-5-7-27(26)36(34-28)19-21-8-10-22(11-9-21)30(38)35(2)24-12-14-25(39-3)15-13-24/h4-17H,18-19H2,1-3H3,(H,33,37). The van der Waals surface area contributed by atoms with Crippen LogP contribution in [-0.2, 0) is 13.1 Å². The van der Waals surface area contributed by atoms with Crippen LogP contribution >= 0.6 is 0 Å². The van der Waals surface area contributed by atoms with Crippen LogP contribution in [0.3, 0.4) is 0 Å². The minimum absolute atomic E-state index is 0.117. The number of carbonyl (C=O) groups excluding carboxylic acids is 2. The van der Waals surface area contributed by atoms with E-state index in [4.69, 9.17) is 4.74 Å². The van der Waals surface area contributed by atoms with Gasteiger partial charge in [0.05, 0.1) is 43.3 Å². The van der Waals surface area contributed by atoms with Crippen LogP contribution in [0.25, 0.3) is 10.9 Å². The summed E-state index contributed by atoms with van der Waals surface area (Å²) in [7, 11) is 3.35. The fraction of sp³-hybridized carbons (Fsp3) is 0.167. The van der Waals surface area contributed by atoms with Crippen LogP contribution in [0.4, 0.5) is 5.69 Å². The number of aromatic nitrogens is 4. The van der Waals surface area contributed by atoms with Gasteiger partial charge in [0.2, 0.25) is 0 Å². The van der Waals surface area contributed by atoms with Gasteiger partial charge in [-0.15, -0.1) is 0 Å². The lowest BCUT2D eigenvalue weighted by molar-refractivity contribution is 0.0945. The van der Waals surface area contributed by atoms with Crippen molar-refractivity contribution in [2.45, 2.75) is 20.0 Å². The molecule has 39 heavy (non-hydrogen) atoms. The Labute approximate surface area is 226 Å². The van der Waals surface area contributed by atoms with Crippen molar-refractivity contribution in [3.8, 4) is 5.75 Å². The number of nitrogens with one attached hydrogen (secondary N) is 1. The van der Waals surface area contributed by atoms with Crippen molar-refractivity contribution in [3.05, 3.63) is 113 Å². The molecule has 2 amide bonds. The number of methoxy groups -OCH3 is 1. The fourth-order valence-corrected chi connectivity index (χ4v) is 4.22. The second kappa shape index (κ2) is 11.1. The Morgan fingerprint density at radius 3 is 2.38 bits per heavy atom. The van der Waals surface area contributed by atoms with E-state index in [0.717, 1.165) is 33.6 Å². The predicted molar refractivity (Wildman–Crippen MR) is 149 cm³/mol. The molecule has 9 nitrogen and oxygen atoms in total. The van der Waals surface area contributed by atoms with E-state index in [0.29, 0.717) is 23.5 Å². The van der Waals surface area contributed by atoms with Gasteiger partial charge in [0.15, 0.2) is 5.69 Å². The van der Waals surface area contributed by atoms with E-state index in [1.165, 1.54) is 0 Å². The van der Waals surface area contributed by atoms with Crippen LogP contribution in [0, 0.1) is 6.92 Å². The Bertz CT molecular complexity index is 1610. The van der Waals surface area contributed by atoms with Gasteiger partial charge in [-0.05, 0) is 55.0 Å². The van der Waals surface area contributed by atoms with Crippen molar-refractivity contribution < 1.29 is 14.3 Å². The van der Waals surface area contributed by atoms with Crippen molar-refractivity contribution in [2.24, 2.45) is 0 Å².